The molecule has 2 aromatic rings. The highest BCUT2D eigenvalue weighted by Crippen LogP contribution is 2.33. The van der Waals surface area contributed by atoms with E-state index in [4.69, 9.17) is 0 Å². The molecule has 3 rings (SSSR count). The van der Waals surface area contributed by atoms with Gasteiger partial charge in [0.15, 0.2) is 0 Å². The summed E-state index contributed by atoms with van der Waals surface area (Å²) < 4.78 is 38.6. The Hall–Kier alpha value is -3.03. The normalized spacial score (nSPS) is 14.9. The maximum Gasteiger partial charge on any atom is 0.416 e. The Kier molecular flexibility index (Phi) is 4.12. The Balaban J connectivity index is 1.92. The van der Waals surface area contributed by atoms with Crippen molar-refractivity contribution in [2.24, 2.45) is 0 Å². The number of benzene rings is 2. The predicted molar refractivity (Wildman–Crippen MR) is 84.9 cm³/mol. The topological polar surface area (TPSA) is 60.9 Å². The average Bonchev–Trinajstić information content (AvgIpc) is 2.95. The smallest absolute Gasteiger partial charge is 0.416 e. The van der Waals surface area contributed by atoms with Crippen LogP contribution in [0.3, 0.4) is 0 Å². The summed E-state index contributed by atoms with van der Waals surface area (Å²) in [6.07, 6.45) is -4.51. The van der Waals surface area contributed by atoms with E-state index in [-0.39, 0.29) is 30.0 Å². The summed E-state index contributed by atoms with van der Waals surface area (Å²) in [5.74, 6) is -1.18. The van der Waals surface area contributed by atoms with Gasteiger partial charge in [0.25, 0.3) is 0 Å². The van der Waals surface area contributed by atoms with Gasteiger partial charge in [-0.1, -0.05) is 18.2 Å². The third-order valence-electron chi connectivity index (χ3n) is 3.92. The van der Waals surface area contributed by atoms with Crippen LogP contribution in [-0.2, 0) is 6.18 Å². The van der Waals surface area contributed by atoms with E-state index in [1.165, 1.54) is 40.1 Å². The molecule has 0 aromatic heterocycles. The number of hydrogen-bond acceptors (Lipinski definition) is 2. The number of halogens is 3. The highest BCUT2D eigenvalue weighted by Gasteiger charge is 2.35. The number of carboxylic acids is 1. The van der Waals surface area contributed by atoms with E-state index in [0.29, 0.717) is 0 Å². The molecule has 2 amide bonds. The second-order valence-electron chi connectivity index (χ2n) is 5.46. The highest BCUT2D eigenvalue weighted by atomic mass is 19.4. The van der Waals surface area contributed by atoms with Gasteiger partial charge in [0.1, 0.15) is 0 Å². The lowest BCUT2D eigenvalue weighted by molar-refractivity contribution is -0.137. The van der Waals surface area contributed by atoms with Gasteiger partial charge in [0.05, 0.1) is 16.8 Å². The van der Waals surface area contributed by atoms with Gasteiger partial charge in [-0.3, -0.25) is 9.80 Å². The Morgan fingerprint density at radius 3 is 2.36 bits per heavy atom. The zero-order chi connectivity index (χ0) is 18.2. The number of carboxylic acid groups (broad SMARTS) is 1. The number of rotatable bonds is 3. The van der Waals surface area contributed by atoms with Gasteiger partial charge < -0.3 is 5.11 Å². The van der Waals surface area contributed by atoms with Crippen molar-refractivity contribution in [1.29, 1.82) is 0 Å². The van der Waals surface area contributed by atoms with Gasteiger partial charge in [-0.05, 0) is 30.3 Å². The second kappa shape index (κ2) is 6.12. The zero-order valence-corrected chi connectivity index (χ0v) is 12.8. The molecular formula is C17H13F3N2O3. The molecule has 1 fully saturated rings. The fourth-order valence-corrected chi connectivity index (χ4v) is 2.74. The molecule has 1 aliphatic heterocycles. The summed E-state index contributed by atoms with van der Waals surface area (Å²) in [5.41, 5.74) is -0.548. The van der Waals surface area contributed by atoms with Crippen molar-refractivity contribution >= 4 is 23.4 Å². The van der Waals surface area contributed by atoms with Crippen LogP contribution in [0.25, 0.3) is 0 Å². The van der Waals surface area contributed by atoms with Crippen LogP contribution in [0.15, 0.2) is 48.5 Å². The van der Waals surface area contributed by atoms with Crippen molar-refractivity contribution < 1.29 is 27.9 Å². The van der Waals surface area contributed by atoms with Gasteiger partial charge >= 0.3 is 18.2 Å². The molecule has 1 N–H and O–H groups in total. The van der Waals surface area contributed by atoms with E-state index >= 15 is 0 Å². The van der Waals surface area contributed by atoms with E-state index in [1.807, 2.05) is 0 Å². The third-order valence-corrected chi connectivity index (χ3v) is 3.92. The molecule has 1 heterocycles. The average molecular weight is 350 g/mol. The van der Waals surface area contributed by atoms with Gasteiger partial charge in [-0.15, -0.1) is 0 Å². The molecule has 0 saturated carbocycles. The summed E-state index contributed by atoms with van der Waals surface area (Å²) in [5, 5.41) is 9.24. The van der Waals surface area contributed by atoms with E-state index in [0.717, 1.165) is 12.1 Å². The van der Waals surface area contributed by atoms with Crippen LogP contribution in [0.4, 0.5) is 29.3 Å². The van der Waals surface area contributed by atoms with Crippen LogP contribution < -0.4 is 9.80 Å². The molecule has 0 spiro atoms. The standard InChI is InChI=1S/C17H13F3N2O3/c18-17(19,20)11-4-3-5-12(10-11)21-8-9-22(16(21)25)14-7-2-1-6-13(14)15(23)24/h1-7,10H,8-9H2,(H,23,24). The van der Waals surface area contributed by atoms with E-state index in [9.17, 15) is 27.9 Å². The first-order valence-corrected chi connectivity index (χ1v) is 7.37. The van der Waals surface area contributed by atoms with Crippen molar-refractivity contribution in [3.05, 3.63) is 59.7 Å². The molecule has 8 heteroatoms. The van der Waals surface area contributed by atoms with Crippen molar-refractivity contribution in [3.8, 4) is 0 Å². The number of aromatic carboxylic acids is 1. The monoisotopic (exact) mass is 350 g/mol. The lowest BCUT2D eigenvalue weighted by Gasteiger charge is -2.20. The Morgan fingerprint density at radius 2 is 1.68 bits per heavy atom. The minimum Gasteiger partial charge on any atom is -0.478 e. The first-order valence-electron chi connectivity index (χ1n) is 7.37. The number of anilines is 2. The van der Waals surface area contributed by atoms with Crippen molar-refractivity contribution in [1.82, 2.24) is 0 Å². The van der Waals surface area contributed by atoms with Gasteiger partial charge in [0, 0.05) is 18.8 Å². The van der Waals surface area contributed by atoms with Crippen LogP contribution in [0.1, 0.15) is 15.9 Å². The maximum atomic E-state index is 12.9. The summed E-state index contributed by atoms with van der Waals surface area (Å²) in [6.45, 7) is 0.341. The van der Waals surface area contributed by atoms with Crippen molar-refractivity contribution in [3.63, 3.8) is 0 Å². The van der Waals surface area contributed by atoms with E-state index < -0.39 is 23.7 Å². The summed E-state index contributed by atoms with van der Waals surface area (Å²) >= 11 is 0. The quantitative estimate of drug-likeness (QED) is 0.915. The maximum absolute atomic E-state index is 12.9. The van der Waals surface area contributed by atoms with Crippen molar-refractivity contribution in [2.45, 2.75) is 6.18 Å². The molecule has 0 atom stereocenters. The molecule has 130 valence electrons. The molecule has 0 unspecified atom stereocenters. The lowest BCUT2D eigenvalue weighted by Crippen LogP contribution is -2.32. The summed E-state index contributed by atoms with van der Waals surface area (Å²) in [6, 6.07) is 9.94. The summed E-state index contributed by atoms with van der Waals surface area (Å²) in [7, 11) is 0. The van der Waals surface area contributed by atoms with Crippen LogP contribution >= 0.6 is 0 Å². The molecule has 25 heavy (non-hydrogen) atoms. The number of nitrogens with zero attached hydrogens (tertiary/aromatic N) is 2. The molecule has 0 bridgehead atoms. The fourth-order valence-electron chi connectivity index (χ4n) is 2.74. The lowest BCUT2D eigenvalue weighted by atomic mass is 10.1. The molecule has 1 aliphatic rings. The Morgan fingerprint density at radius 1 is 1.00 bits per heavy atom. The predicted octanol–water partition coefficient (Wildman–Crippen LogP) is 3.85. The Labute approximate surface area is 140 Å². The minimum absolute atomic E-state index is 0.0401. The fraction of sp³-hybridized carbons (Fsp3) is 0.176. The number of hydrogen-bond donors (Lipinski definition) is 1. The molecule has 5 nitrogen and oxygen atoms in total. The van der Waals surface area contributed by atoms with Gasteiger partial charge in [-0.25, -0.2) is 9.59 Å². The number of urea groups is 1. The Bertz CT molecular complexity index is 836. The van der Waals surface area contributed by atoms with Crippen LogP contribution in [0, 0.1) is 0 Å². The zero-order valence-electron chi connectivity index (χ0n) is 12.8. The van der Waals surface area contributed by atoms with Crippen LogP contribution in [0.2, 0.25) is 0 Å². The molecule has 0 radical (unpaired) electrons. The van der Waals surface area contributed by atoms with E-state index in [1.54, 1.807) is 6.07 Å². The van der Waals surface area contributed by atoms with E-state index in [2.05, 4.69) is 0 Å². The number of alkyl halides is 3. The SMILES string of the molecule is O=C(O)c1ccccc1N1CCN(c2cccc(C(F)(F)F)c2)C1=O. The molecular weight excluding hydrogens is 337 g/mol. The first kappa shape index (κ1) is 16.8. The number of para-hydroxylation sites is 1. The number of carbonyl (C=O) groups excluding carboxylic acids is 1. The third kappa shape index (κ3) is 3.15. The van der Waals surface area contributed by atoms with Gasteiger partial charge in [0.2, 0.25) is 0 Å². The van der Waals surface area contributed by atoms with Crippen LogP contribution in [0.5, 0.6) is 0 Å². The number of amides is 2. The number of carbonyl (C=O) groups is 2. The van der Waals surface area contributed by atoms with Crippen molar-refractivity contribution in [2.75, 3.05) is 22.9 Å². The molecule has 0 aliphatic carbocycles. The molecule has 2 aromatic carbocycles. The minimum atomic E-state index is -4.51. The first-order chi connectivity index (χ1) is 11.8. The van der Waals surface area contributed by atoms with Gasteiger partial charge in [-0.2, -0.15) is 13.2 Å². The highest BCUT2D eigenvalue weighted by molar-refractivity contribution is 6.09. The second-order valence-corrected chi connectivity index (χ2v) is 5.46. The largest absolute Gasteiger partial charge is 0.478 e. The van der Waals surface area contributed by atoms with Crippen LogP contribution in [-0.4, -0.2) is 30.2 Å². The summed E-state index contributed by atoms with van der Waals surface area (Å²) in [4.78, 5) is 26.4. The molecule has 1 saturated heterocycles.